The van der Waals surface area contributed by atoms with Gasteiger partial charge in [-0.25, -0.2) is 4.79 Å². The summed E-state index contributed by atoms with van der Waals surface area (Å²) in [6.45, 7) is 8.57. The molecule has 22 heavy (non-hydrogen) atoms. The Morgan fingerprint density at radius 1 is 0.864 bits per heavy atom. The molecule has 0 fully saturated rings. The van der Waals surface area contributed by atoms with E-state index in [4.69, 9.17) is 9.47 Å². The first-order valence-corrected chi connectivity index (χ1v) is 8.65. The fourth-order valence-electron chi connectivity index (χ4n) is 1.69. The quantitative estimate of drug-likeness (QED) is 0.314. The highest BCUT2D eigenvalue weighted by Gasteiger charge is 2.10. The first-order chi connectivity index (χ1) is 10.6. The summed E-state index contributed by atoms with van der Waals surface area (Å²) >= 11 is 0. The third-order valence-corrected chi connectivity index (χ3v) is 3.05. The van der Waals surface area contributed by atoms with E-state index in [-0.39, 0.29) is 12.8 Å². The van der Waals surface area contributed by atoms with E-state index < -0.39 is 6.09 Å². The van der Waals surface area contributed by atoms with Gasteiger partial charge in [-0.3, -0.25) is 4.79 Å². The van der Waals surface area contributed by atoms with Gasteiger partial charge in [0.25, 0.3) is 0 Å². The van der Waals surface area contributed by atoms with Crippen LogP contribution in [0.3, 0.4) is 0 Å². The molecule has 0 aliphatic carbocycles. The number of carbonyl (C=O) groups is 2. The minimum absolute atomic E-state index is 0.289. The van der Waals surface area contributed by atoms with Gasteiger partial charge in [0.05, 0.1) is 0 Å². The zero-order chi connectivity index (χ0) is 17.2. The lowest BCUT2D eigenvalue weighted by atomic mass is 10.1. The van der Waals surface area contributed by atoms with Gasteiger partial charge >= 0.3 is 12.1 Å². The fourth-order valence-corrected chi connectivity index (χ4v) is 1.69. The van der Waals surface area contributed by atoms with Crippen molar-refractivity contribution in [3.8, 4) is 0 Å². The molecule has 0 saturated carbocycles. The van der Waals surface area contributed by atoms with Crippen LogP contribution >= 0.6 is 0 Å². The highest BCUT2D eigenvalue weighted by molar-refractivity contribution is 5.70. The smallest absolute Gasteiger partial charge is 0.412 e. The van der Waals surface area contributed by atoms with Crippen LogP contribution < -0.4 is 0 Å². The zero-order valence-corrected chi connectivity index (χ0v) is 15.2. The van der Waals surface area contributed by atoms with Crippen LogP contribution in [0.1, 0.15) is 79.1 Å². The molecule has 0 spiro atoms. The first-order valence-electron chi connectivity index (χ1n) is 8.65. The van der Waals surface area contributed by atoms with Crippen LogP contribution in [0.2, 0.25) is 0 Å². The minimum atomic E-state index is -0.450. The fraction of sp³-hybridized carbons (Fsp3) is 0.882. The van der Waals surface area contributed by atoms with Crippen LogP contribution in [-0.2, 0) is 14.3 Å². The number of hydrogen-bond donors (Lipinski definition) is 0. The van der Waals surface area contributed by atoms with Gasteiger partial charge in [0.1, 0.15) is 0 Å². The van der Waals surface area contributed by atoms with Crippen LogP contribution in [0, 0.1) is 0 Å². The minimum Gasteiger partial charge on any atom is -0.428 e. The summed E-state index contributed by atoms with van der Waals surface area (Å²) < 4.78 is 9.73. The SMILES string of the molecule is CC.CCCCCCCC(=O)OCOC(=O)N(C)CCCC. The Morgan fingerprint density at radius 3 is 2.05 bits per heavy atom. The van der Waals surface area contributed by atoms with Crippen LogP contribution in [-0.4, -0.2) is 37.3 Å². The monoisotopic (exact) mass is 317 g/mol. The Morgan fingerprint density at radius 2 is 1.45 bits per heavy atom. The Bertz CT molecular complexity index is 269. The molecule has 0 bridgehead atoms. The molecule has 1 amide bonds. The van der Waals surface area contributed by atoms with E-state index in [1.54, 1.807) is 7.05 Å². The van der Waals surface area contributed by atoms with Gasteiger partial charge in [-0.15, -0.1) is 0 Å². The van der Waals surface area contributed by atoms with Crippen molar-refractivity contribution in [3.63, 3.8) is 0 Å². The maximum atomic E-state index is 11.5. The van der Waals surface area contributed by atoms with E-state index in [0.29, 0.717) is 13.0 Å². The zero-order valence-electron chi connectivity index (χ0n) is 15.2. The summed E-state index contributed by atoms with van der Waals surface area (Å²) in [6, 6.07) is 0. The predicted molar refractivity (Wildman–Crippen MR) is 89.7 cm³/mol. The molecule has 5 nitrogen and oxygen atoms in total. The summed E-state index contributed by atoms with van der Waals surface area (Å²) in [5.74, 6) is -0.300. The Balaban J connectivity index is 0. The second-order valence-corrected chi connectivity index (χ2v) is 4.98. The Labute approximate surface area is 136 Å². The number of nitrogens with zero attached hydrogens (tertiary/aromatic N) is 1. The van der Waals surface area contributed by atoms with Crippen LogP contribution in [0.25, 0.3) is 0 Å². The summed E-state index contributed by atoms with van der Waals surface area (Å²) in [6.07, 6.45) is 7.32. The van der Waals surface area contributed by atoms with Crippen molar-refractivity contribution in [1.82, 2.24) is 4.90 Å². The van der Waals surface area contributed by atoms with Crippen molar-refractivity contribution >= 4 is 12.1 Å². The molecule has 0 radical (unpaired) electrons. The van der Waals surface area contributed by atoms with E-state index in [2.05, 4.69) is 13.8 Å². The van der Waals surface area contributed by atoms with E-state index in [9.17, 15) is 9.59 Å². The molecule has 0 N–H and O–H groups in total. The average Bonchev–Trinajstić information content (AvgIpc) is 2.54. The van der Waals surface area contributed by atoms with Crippen molar-refractivity contribution < 1.29 is 19.1 Å². The van der Waals surface area contributed by atoms with Crippen molar-refractivity contribution in [2.45, 2.75) is 79.1 Å². The van der Waals surface area contributed by atoms with E-state index in [1.165, 1.54) is 17.7 Å². The molecule has 0 saturated heterocycles. The highest BCUT2D eigenvalue weighted by atomic mass is 16.7. The number of rotatable bonds is 11. The van der Waals surface area contributed by atoms with Crippen molar-refractivity contribution in [2.24, 2.45) is 0 Å². The van der Waals surface area contributed by atoms with Crippen molar-refractivity contribution in [3.05, 3.63) is 0 Å². The number of hydrogen-bond acceptors (Lipinski definition) is 4. The standard InChI is InChI=1S/C15H29NO4.C2H6/c1-4-6-8-9-10-11-14(17)19-13-20-15(18)16(3)12-7-5-2;1-2/h4-13H2,1-3H3;1-2H3. The average molecular weight is 317 g/mol. The summed E-state index contributed by atoms with van der Waals surface area (Å²) in [4.78, 5) is 24.3. The molecule has 0 aromatic heterocycles. The molecule has 5 heteroatoms. The second-order valence-electron chi connectivity index (χ2n) is 4.98. The van der Waals surface area contributed by atoms with Crippen LogP contribution in [0.4, 0.5) is 4.79 Å². The first kappa shape index (κ1) is 23.0. The lowest BCUT2D eigenvalue weighted by Crippen LogP contribution is -2.29. The van der Waals surface area contributed by atoms with Crippen molar-refractivity contribution in [2.75, 3.05) is 20.4 Å². The molecular formula is C17H35NO4. The molecule has 0 atom stereocenters. The molecule has 0 unspecified atom stereocenters. The molecule has 132 valence electrons. The van der Waals surface area contributed by atoms with Gasteiger partial charge in [0.15, 0.2) is 0 Å². The third-order valence-electron chi connectivity index (χ3n) is 3.05. The summed E-state index contributed by atoms with van der Waals surface area (Å²) in [5, 5.41) is 0. The van der Waals surface area contributed by atoms with E-state index >= 15 is 0 Å². The number of ether oxygens (including phenoxy) is 2. The summed E-state index contributed by atoms with van der Waals surface area (Å²) in [5.41, 5.74) is 0. The van der Waals surface area contributed by atoms with Gasteiger partial charge in [0.2, 0.25) is 6.79 Å². The van der Waals surface area contributed by atoms with E-state index in [0.717, 1.165) is 32.1 Å². The van der Waals surface area contributed by atoms with Gasteiger partial charge in [-0.05, 0) is 12.8 Å². The third kappa shape index (κ3) is 15.1. The maximum Gasteiger partial charge on any atom is 0.412 e. The van der Waals surface area contributed by atoms with Gasteiger partial charge in [0, 0.05) is 20.0 Å². The molecule has 0 rings (SSSR count). The normalized spacial score (nSPS) is 9.50. The molecule has 0 heterocycles. The molecule has 0 aliphatic rings. The van der Waals surface area contributed by atoms with Gasteiger partial charge < -0.3 is 14.4 Å². The lowest BCUT2D eigenvalue weighted by molar-refractivity contribution is -0.152. The van der Waals surface area contributed by atoms with E-state index in [1.807, 2.05) is 13.8 Å². The molecule has 0 aromatic rings. The number of esters is 1. The second kappa shape index (κ2) is 17.8. The van der Waals surface area contributed by atoms with Crippen LogP contribution in [0.15, 0.2) is 0 Å². The number of unbranched alkanes of at least 4 members (excludes halogenated alkanes) is 5. The largest absolute Gasteiger partial charge is 0.428 e. The molecular weight excluding hydrogens is 282 g/mol. The van der Waals surface area contributed by atoms with Gasteiger partial charge in [-0.1, -0.05) is 59.8 Å². The van der Waals surface area contributed by atoms with Gasteiger partial charge in [-0.2, -0.15) is 0 Å². The number of carbonyl (C=O) groups excluding carboxylic acids is 2. The number of amides is 1. The maximum absolute atomic E-state index is 11.5. The molecule has 0 aliphatic heterocycles. The topological polar surface area (TPSA) is 55.8 Å². The van der Waals surface area contributed by atoms with Crippen LogP contribution in [0.5, 0.6) is 0 Å². The predicted octanol–water partition coefficient (Wildman–Crippen LogP) is 4.74. The van der Waals surface area contributed by atoms with Crippen molar-refractivity contribution in [1.29, 1.82) is 0 Å². The Kier molecular flexibility index (Phi) is 18.6. The lowest BCUT2D eigenvalue weighted by Gasteiger charge is -2.16. The summed E-state index contributed by atoms with van der Waals surface area (Å²) in [7, 11) is 1.67. The molecule has 0 aromatic carbocycles. The highest BCUT2D eigenvalue weighted by Crippen LogP contribution is 2.05. The Hall–Kier alpha value is -1.26.